The van der Waals surface area contributed by atoms with Crippen LogP contribution in [-0.4, -0.2) is 63.7 Å². The van der Waals surface area contributed by atoms with Crippen molar-refractivity contribution in [3.63, 3.8) is 0 Å². The molecule has 9 nitrogen and oxygen atoms in total. The molecular weight excluding hydrogens is 565 g/mol. The summed E-state index contributed by atoms with van der Waals surface area (Å²) in [6, 6.07) is 9.24. The van der Waals surface area contributed by atoms with Gasteiger partial charge >= 0.3 is 0 Å². The van der Waals surface area contributed by atoms with Gasteiger partial charge in [-0.05, 0) is 49.1 Å². The molecule has 1 heterocycles. The molecule has 0 spiro atoms. The molecule has 1 aliphatic rings. The predicted octanol–water partition coefficient (Wildman–Crippen LogP) is 4.64. The number of nitrogens with one attached hydrogen (secondary N) is 1. The van der Waals surface area contributed by atoms with Crippen LogP contribution in [0.2, 0.25) is 10.0 Å². The molecule has 0 aromatic heterocycles. The molecule has 39 heavy (non-hydrogen) atoms. The number of nitrogens with zero attached hydrogens (tertiary/aromatic N) is 2. The number of hydrogen-bond acceptors (Lipinski definition) is 6. The summed E-state index contributed by atoms with van der Waals surface area (Å²) >= 11 is 12.4. The van der Waals surface area contributed by atoms with Crippen LogP contribution in [0.25, 0.3) is 0 Å². The third-order valence-electron chi connectivity index (χ3n) is 6.26. The molecule has 1 aliphatic heterocycles. The Balaban J connectivity index is 1.78. The lowest BCUT2D eigenvalue weighted by Gasteiger charge is -2.31. The number of fused-ring (bicyclic) bond motifs is 1. The monoisotopic (exact) mass is 599 g/mol. The van der Waals surface area contributed by atoms with Crippen LogP contribution < -0.4 is 19.1 Å². The Kier molecular flexibility index (Phi) is 11.1. The highest BCUT2D eigenvalue weighted by atomic mass is 35.5. The van der Waals surface area contributed by atoms with Crippen molar-refractivity contribution in [1.82, 2.24) is 10.2 Å². The molecule has 0 radical (unpaired) electrons. The van der Waals surface area contributed by atoms with Gasteiger partial charge in [0.05, 0.1) is 11.9 Å². The topological polar surface area (TPSA) is 105 Å². The number of rotatable bonds is 13. The zero-order valence-electron chi connectivity index (χ0n) is 22.4. The van der Waals surface area contributed by atoms with Crippen molar-refractivity contribution in [3.8, 4) is 11.5 Å². The van der Waals surface area contributed by atoms with E-state index in [2.05, 4.69) is 5.32 Å². The van der Waals surface area contributed by atoms with Crippen LogP contribution in [0, 0.1) is 0 Å². The van der Waals surface area contributed by atoms with Crippen molar-refractivity contribution in [2.24, 2.45) is 0 Å². The third-order valence-corrected chi connectivity index (χ3v) is 8.04. The van der Waals surface area contributed by atoms with E-state index in [9.17, 15) is 18.0 Å². The standard InChI is InChI=1S/C27H35Cl2N3O6S/c1-4-12-30-27(34)23(5-2)31(18-19-8-9-20(28)16-22(19)29)26(33)7-6-13-32(39(3,35)36)21-10-11-24-25(17-21)38-15-14-37-24/h8-11,16-17,23H,4-7,12-15,18H2,1-3H3,(H,30,34)/t23-/m1/s1. The zero-order chi connectivity index (χ0) is 28.6. The number of benzene rings is 2. The highest BCUT2D eigenvalue weighted by Crippen LogP contribution is 2.35. The lowest BCUT2D eigenvalue weighted by atomic mass is 10.1. The predicted molar refractivity (Wildman–Crippen MR) is 153 cm³/mol. The van der Waals surface area contributed by atoms with Gasteiger partial charge in [-0.1, -0.05) is 43.1 Å². The number of halogens is 2. The highest BCUT2D eigenvalue weighted by Gasteiger charge is 2.29. The number of ether oxygens (including phenoxy) is 2. The normalized spacial score (nSPS) is 13.5. The highest BCUT2D eigenvalue weighted by molar-refractivity contribution is 7.92. The first-order valence-electron chi connectivity index (χ1n) is 12.9. The van der Waals surface area contributed by atoms with Gasteiger partial charge in [0.2, 0.25) is 21.8 Å². The Morgan fingerprint density at radius 3 is 2.41 bits per heavy atom. The first-order chi connectivity index (χ1) is 18.5. The molecule has 214 valence electrons. The Labute approximate surface area is 240 Å². The van der Waals surface area contributed by atoms with E-state index in [0.717, 1.165) is 12.7 Å². The molecule has 0 aliphatic carbocycles. The second-order valence-electron chi connectivity index (χ2n) is 9.24. The number of hydrogen-bond donors (Lipinski definition) is 1. The maximum absolute atomic E-state index is 13.5. The van der Waals surface area contributed by atoms with Crippen molar-refractivity contribution >= 4 is 50.7 Å². The fraction of sp³-hybridized carbons (Fsp3) is 0.481. The number of amides is 2. The largest absolute Gasteiger partial charge is 0.486 e. The van der Waals surface area contributed by atoms with Gasteiger partial charge in [0.25, 0.3) is 0 Å². The van der Waals surface area contributed by atoms with Gasteiger partial charge in [-0.2, -0.15) is 0 Å². The van der Waals surface area contributed by atoms with Crippen LogP contribution >= 0.6 is 23.2 Å². The molecule has 1 N–H and O–H groups in total. The summed E-state index contributed by atoms with van der Waals surface area (Å²) < 4.78 is 37.7. The average molecular weight is 601 g/mol. The van der Waals surface area contributed by atoms with E-state index in [1.807, 2.05) is 13.8 Å². The van der Waals surface area contributed by atoms with Crippen LogP contribution in [-0.2, 0) is 26.2 Å². The number of carbonyl (C=O) groups excluding carboxylic acids is 2. The molecular formula is C27H35Cl2N3O6S. The molecule has 0 bridgehead atoms. The molecule has 0 unspecified atom stereocenters. The minimum Gasteiger partial charge on any atom is -0.486 e. The zero-order valence-corrected chi connectivity index (χ0v) is 24.7. The molecule has 12 heteroatoms. The molecule has 2 amide bonds. The first kappa shape index (κ1) is 30.8. The summed E-state index contributed by atoms with van der Waals surface area (Å²) in [5.74, 6) is 0.498. The fourth-order valence-corrected chi connectivity index (χ4v) is 5.74. The molecule has 0 saturated heterocycles. The van der Waals surface area contributed by atoms with E-state index in [-0.39, 0.29) is 37.7 Å². The fourth-order valence-electron chi connectivity index (χ4n) is 4.31. The van der Waals surface area contributed by atoms with Gasteiger partial charge in [-0.3, -0.25) is 13.9 Å². The van der Waals surface area contributed by atoms with Gasteiger partial charge in [0.1, 0.15) is 19.3 Å². The third kappa shape index (κ3) is 8.40. The average Bonchev–Trinajstić information content (AvgIpc) is 2.89. The lowest BCUT2D eigenvalue weighted by Crippen LogP contribution is -2.49. The summed E-state index contributed by atoms with van der Waals surface area (Å²) in [5, 5.41) is 3.73. The van der Waals surface area contributed by atoms with E-state index in [1.54, 1.807) is 36.4 Å². The Bertz CT molecular complexity index is 1270. The molecule has 2 aromatic rings. The van der Waals surface area contributed by atoms with E-state index in [4.69, 9.17) is 32.7 Å². The summed E-state index contributed by atoms with van der Waals surface area (Å²) in [6.45, 7) is 5.28. The van der Waals surface area contributed by atoms with Crippen LogP contribution in [0.5, 0.6) is 11.5 Å². The van der Waals surface area contributed by atoms with Crippen molar-refractivity contribution in [1.29, 1.82) is 0 Å². The van der Waals surface area contributed by atoms with Gasteiger partial charge in [0, 0.05) is 42.2 Å². The Morgan fingerprint density at radius 1 is 1.05 bits per heavy atom. The van der Waals surface area contributed by atoms with Gasteiger partial charge in [-0.15, -0.1) is 0 Å². The van der Waals surface area contributed by atoms with E-state index >= 15 is 0 Å². The van der Waals surface area contributed by atoms with Crippen LogP contribution in [0.15, 0.2) is 36.4 Å². The summed E-state index contributed by atoms with van der Waals surface area (Å²) in [7, 11) is -3.65. The summed E-state index contributed by atoms with van der Waals surface area (Å²) in [5.41, 5.74) is 1.08. The minimum absolute atomic E-state index is 0.0271. The minimum atomic E-state index is -3.65. The quantitative estimate of drug-likeness (QED) is 0.359. The van der Waals surface area contributed by atoms with E-state index in [1.165, 1.54) is 9.21 Å². The Hall–Kier alpha value is -2.69. The lowest BCUT2D eigenvalue weighted by molar-refractivity contribution is -0.141. The van der Waals surface area contributed by atoms with Gasteiger partial charge in [-0.25, -0.2) is 8.42 Å². The van der Waals surface area contributed by atoms with E-state index in [0.29, 0.717) is 59.0 Å². The van der Waals surface area contributed by atoms with Crippen molar-refractivity contribution < 1.29 is 27.5 Å². The van der Waals surface area contributed by atoms with Crippen LogP contribution in [0.1, 0.15) is 45.1 Å². The molecule has 2 aromatic carbocycles. The van der Waals surface area contributed by atoms with Crippen molar-refractivity contribution in [2.75, 3.05) is 36.9 Å². The Morgan fingerprint density at radius 2 is 1.77 bits per heavy atom. The van der Waals surface area contributed by atoms with Crippen molar-refractivity contribution in [3.05, 3.63) is 52.0 Å². The molecule has 3 rings (SSSR count). The van der Waals surface area contributed by atoms with Crippen LogP contribution in [0.3, 0.4) is 0 Å². The molecule has 0 saturated carbocycles. The number of carbonyl (C=O) groups is 2. The second kappa shape index (κ2) is 14.1. The van der Waals surface area contributed by atoms with Gasteiger partial charge in [0.15, 0.2) is 11.5 Å². The number of anilines is 1. The summed E-state index contributed by atoms with van der Waals surface area (Å²) in [4.78, 5) is 28.0. The summed E-state index contributed by atoms with van der Waals surface area (Å²) in [6.07, 6.45) is 2.54. The molecule has 0 fully saturated rings. The first-order valence-corrected chi connectivity index (χ1v) is 15.5. The van der Waals surface area contributed by atoms with Crippen molar-refractivity contribution in [2.45, 2.75) is 52.1 Å². The maximum Gasteiger partial charge on any atom is 0.242 e. The number of sulfonamides is 1. The van der Waals surface area contributed by atoms with Gasteiger partial charge < -0.3 is 19.7 Å². The second-order valence-corrected chi connectivity index (χ2v) is 12.0. The maximum atomic E-state index is 13.5. The van der Waals surface area contributed by atoms with Crippen LogP contribution in [0.4, 0.5) is 5.69 Å². The van der Waals surface area contributed by atoms with E-state index < -0.39 is 16.1 Å². The SMILES string of the molecule is CCCNC(=O)[C@@H](CC)N(Cc1ccc(Cl)cc1Cl)C(=O)CCCN(c1ccc2c(c1)OCCO2)S(C)(=O)=O. The molecule has 1 atom stereocenters. The smallest absolute Gasteiger partial charge is 0.242 e.